The molecule has 7 heteroatoms. The van der Waals surface area contributed by atoms with Crippen LogP contribution in [0.5, 0.6) is 0 Å². The minimum atomic E-state index is -0.190. The average molecular weight is 511 g/mol. The van der Waals surface area contributed by atoms with Crippen LogP contribution < -0.4 is 5.32 Å². The van der Waals surface area contributed by atoms with Crippen LogP contribution in [-0.2, 0) is 25.8 Å². The molecular weight excluding hydrogens is 478 g/mol. The molecule has 3 heterocycles. The normalized spacial score (nSPS) is 32.4. The largest absolute Gasteiger partial charge is 0.448 e. The number of carbonyl (C=O) groups excluding carboxylic acids is 1. The van der Waals surface area contributed by atoms with Crippen LogP contribution in [0, 0.1) is 0 Å². The maximum Gasteiger partial charge on any atom is 0.410 e. The number of nitrogens with one attached hydrogen (secondary N) is 1. The summed E-state index contributed by atoms with van der Waals surface area (Å²) >= 11 is 0. The quantitative estimate of drug-likeness (QED) is 0.601. The zero-order valence-electron chi connectivity index (χ0n) is 15.3. The van der Waals surface area contributed by atoms with Gasteiger partial charge in [-0.3, -0.25) is 4.90 Å². The first-order valence-corrected chi connectivity index (χ1v) is 9.18. The van der Waals surface area contributed by atoms with E-state index in [1.165, 1.54) is 0 Å². The van der Waals surface area contributed by atoms with E-state index in [0.29, 0.717) is 6.61 Å². The van der Waals surface area contributed by atoms with Crippen molar-refractivity contribution in [1.29, 1.82) is 0 Å². The van der Waals surface area contributed by atoms with Gasteiger partial charge in [-0.2, -0.15) is 0 Å². The van der Waals surface area contributed by atoms with Crippen LogP contribution in [0.15, 0.2) is 0 Å². The summed E-state index contributed by atoms with van der Waals surface area (Å²) in [5.74, 6) is 0. The van der Waals surface area contributed by atoms with Gasteiger partial charge in [0.25, 0.3) is 0 Å². The molecule has 0 aromatic rings. The standard InChI is InChI=1S/C15H27N3O3.C2H6.W/c1-12-9-16-6-8-17(12)14(20)21-10-13-3-5-15(11-19)4-2-7-18(13)15;1-2;/h12-13,16,19H,2-11H2,1H3;1-2H3;. The number of aliphatic hydroxyl groups is 1. The third-order valence-electron chi connectivity index (χ3n) is 5.46. The van der Waals surface area contributed by atoms with Gasteiger partial charge >= 0.3 is 6.09 Å². The molecule has 140 valence electrons. The molecule has 0 aliphatic carbocycles. The number of rotatable bonds is 3. The molecule has 6 nitrogen and oxygen atoms in total. The van der Waals surface area contributed by atoms with Crippen molar-refractivity contribution in [1.82, 2.24) is 15.1 Å². The molecule has 0 saturated carbocycles. The fraction of sp³-hybridized carbons (Fsp3) is 0.941. The van der Waals surface area contributed by atoms with E-state index >= 15 is 0 Å². The molecule has 0 spiro atoms. The molecule has 24 heavy (non-hydrogen) atoms. The van der Waals surface area contributed by atoms with Crippen LogP contribution in [0.1, 0.15) is 46.5 Å². The zero-order valence-corrected chi connectivity index (χ0v) is 18.2. The molecule has 0 aromatic carbocycles. The van der Waals surface area contributed by atoms with Crippen molar-refractivity contribution in [3.05, 3.63) is 0 Å². The Bertz CT molecular complexity index is 399. The van der Waals surface area contributed by atoms with Crippen molar-refractivity contribution < 1.29 is 35.7 Å². The summed E-state index contributed by atoms with van der Waals surface area (Å²) in [7, 11) is 0. The van der Waals surface area contributed by atoms with E-state index < -0.39 is 0 Å². The molecule has 1 amide bonds. The molecule has 0 radical (unpaired) electrons. The van der Waals surface area contributed by atoms with E-state index in [0.717, 1.165) is 51.9 Å². The van der Waals surface area contributed by atoms with E-state index in [-0.39, 0.29) is 51.4 Å². The van der Waals surface area contributed by atoms with Crippen LogP contribution in [0.4, 0.5) is 4.79 Å². The molecule has 3 aliphatic rings. The number of amides is 1. The first kappa shape index (κ1) is 21.9. The van der Waals surface area contributed by atoms with Crippen LogP contribution in [0.25, 0.3) is 0 Å². The molecular formula is C17H33N3O3W. The smallest absolute Gasteiger partial charge is 0.410 e. The number of ether oxygens (including phenoxy) is 1. The van der Waals surface area contributed by atoms with Gasteiger partial charge in [-0.05, 0) is 39.2 Å². The van der Waals surface area contributed by atoms with Gasteiger partial charge in [-0.1, -0.05) is 13.8 Å². The van der Waals surface area contributed by atoms with Crippen molar-refractivity contribution in [3.63, 3.8) is 0 Å². The van der Waals surface area contributed by atoms with Gasteiger partial charge in [0.2, 0.25) is 0 Å². The Morgan fingerprint density at radius 2 is 2.08 bits per heavy atom. The second-order valence-electron chi connectivity index (χ2n) is 6.70. The summed E-state index contributed by atoms with van der Waals surface area (Å²) in [6, 6.07) is 0.472. The number of hydrogen-bond acceptors (Lipinski definition) is 5. The summed E-state index contributed by atoms with van der Waals surface area (Å²) in [5.41, 5.74) is -0.0284. The van der Waals surface area contributed by atoms with Crippen molar-refractivity contribution in [3.8, 4) is 0 Å². The Hall–Kier alpha value is -0.162. The second-order valence-corrected chi connectivity index (χ2v) is 6.70. The molecule has 3 unspecified atom stereocenters. The number of fused-ring (bicyclic) bond motifs is 1. The zero-order chi connectivity index (χ0) is 16.9. The first-order valence-electron chi connectivity index (χ1n) is 9.18. The predicted molar refractivity (Wildman–Crippen MR) is 90.5 cm³/mol. The third-order valence-corrected chi connectivity index (χ3v) is 5.46. The Kier molecular flexibility index (Phi) is 9.21. The minimum Gasteiger partial charge on any atom is -0.448 e. The predicted octanol–water partition coefficient (Wildman–Crippen LogP) is 1.43. The monoisotopic (exact) mass is 511 g/mol. The topological polar surface area (TPSA) is 65.0 Å². The first-order chi connectivity index (χ1) is 11.2. The van der Waals surface area contributed by atoms with Gasteiger partial charge in [0.1, 0.15) is 6.61 Å². The molecule has 3 rings (SSSR count). The number of nitrogens with zero attached hydrogens (tertiary/aromatic N) is 2. The van der Waals surface area contributed by atoms with Gasteiger partial charge in [-0.25, -0.2) is 4.79 Å². The second kappa shape index (κ2) is 10.1. The number of carbonyl (C=O) groups is 1. The van der Waals surface area contributed by atoms with Crippen LogP contribution in [0.3, 0.4) is 0 Å². The summed E-state index contributed by atoms with van der Waals surface area (Å²) in [6.07, 6.45) is 4.06. The Morgan fingerprint density at radius 1 is 1.33 bits per heavy atom. The molecule has 0 aromatic heterocycles. The van der Waals surface area contributed by atoms with Gasteiger partial charge in [0.05, 0.1) is 6.61 Å². The summed E-state index contributed by atoms with van der Waals surface area (Å²) < 4.78 is 5.57. The SMILES string of the molecule is CC.CC1CNCCN1C(=O)OCC1CCC2(CO)CCCN12.[W]. The van der Waals surface area contributed by atoms with Crippen LogP contribution >= 0.6 is 0 Å². The van der Waals surface area contributed by atoms with Gasteiger partial charge in [0.15, 0.2) is 0 Å². The Labute approximate surface area is 160 Å². The molecule has 3 saturated heterocycles. The van der Waals surface area contributed by atoms with E-state index in [9.17, 15) is 9.90 Å². The van der Waals surface area contributed by atoms with E-state index in [1.54, 1.807) is 0 Å². The fourth-order valence-electron chi connectivity index (χ4n) is 4.17. The van der Waals surface area contributed by atoms with Gasteiger partial charge in [-0.15, -0.1) is 0 Å². The van der Waals surface area contributed by atoms with Crippen molar-refractivity contribution in [2.24, 2.45) is 0 Å². The summed E-state index contributed by atoms with van der Waals surface area (Å²) in [5, 5.41) is 13.0. The summed E-state index contributed by atoms with van der Waals surface area (Å²) in [4.78, 5) is 16.4. The Morgan fingerprint density at radius 3 is 2.75 bits per heavy atom. The number of aliphatic hydroxyl groups excluding tert-OH is 1. The van der Waals surface area contributed by atoms with E-state index in [1.807, 2.05) is 25.7 Å². The Balaban J connectivity index is 0.000000925. The fourth-order valence-corrected chi connectivity index (χ4v) is 4.17. The van der Waals surface area contributed by atoms with Crippen molar-refractivity contribution in [2.45, 2.75) is 64.1 Å². The van der Waals surface area contributed by atoms with Gasteiger partial charge in [0, 0.05) is 58.3 Å². The molecule has 0 bridgehead atoms. The number of hydrogen-bond donors (Lipinski definition) is 2. The molecule has 3 aliphatic heterocycles. The maximum atomic E-state index is 12.2. The molecule has 2 N–H and O–H groups in total. The third kappa shape index (κ3) is 4.51. The minimum absolute atomic E-state index is 0. The summed E-state index contributed by atoms with van der Waals surface area (Å²) in [6.45, 7) is 10.1. The van der Waals surface area contributed by atoms with Gasteiger partial charge < -0.3 is 20.1 Å². The number of piperazine rings is 1. The maximum absolute atomic E-state index is 12.2. The van der Waals surface area contributed by atoms with Crippen molar-refractivity contribution in [2.75, 3.05) is 39.4 Å². The van der Waals surface area contributed by atoms with E-state index in [4.69, 9.17) is 4.74 Å². The van der Waals surface area contributed by atoms with E-state index in [2.05, 4.69) is 10.2 Å². The average Bonchev–Trinajstić information content (AvgIpc) is 3.14. The van der Waals surface area contributed by atoms with Crippen LogP contribution in [-0.4, -0.2) is 78.0 Å². The molecule has 3 fully saturated rings. The van der Waals surface area contributed by atoms with Crippen molar-refractivity contribution >= 4 is 6.09 Å². The molecule has 3 atom stereocenters. The van der Waals surface area contributed by atoms with Crippen LogP contribution in [0.2, 0.25) is 0 Å².